The van der Waals surface area contributed by atoms with Crippen molar-refractivity contribution in [2.45, 2.75) is 52.2 Å². The van der Waals surface area contributed by atoms with Gasteiger partial charge in [0.2, 0.25) is 5.91 Å². The highest BCUT2D eigenvalue weighted by molar-refractivity contribution is 5.81. The van der Waals surface area contributed by atoms with Gasteiger partial charge in [-0.1, -0.05) is 12.1 Å². The molecule has 2 aromatic heterocycles. The Morgan fingerprint density at radius 1 is 1.34 bits per heavy atom. The Morgan fingerprint density at radius 3 is 2.76 bits per heavy atom. The number of methoxy groups -OCH3 is 1. The molecule has 1 aliphatic rings. The molecule has 8 nitrogen and oxygen atoms in total. The molecule has 2 heterocycles. The molecule has 1 fully saturated rings. The summed E-state index contributed by atoms with van der Waals surface area (Å²) in [5.74, 6) is 0.533. The third-order valence-electron chi connectivity index (χ3n) is 5.37. The van der Waals surface area contributed by atoms with Crippen LogP contribution in [0.4, 0.5) is 0 Å². The number of aryl methyl sites for hydroxylation is 2. The molecule has 0 unspecified atom stereocenters. The van der Waals surface area contributed by atoms with Crippen LogP contribution in [0, 0.1) is 13.8 Å². The lowest BCUT2D eigenvalue weighted by Crippen LogP contribution is -2.35. The molecule has 8 heteroatoms. The van der Waals surface area contributed by atoms with Crippen LogP contribution in [0.5, 0.6) is 5.75 Å². The summed E-state index contributed by atoms with van der Waals surface area (Å²) in [6.45, 7) is 5.55. The maximum atomic E-state index is 12.9. The second-order valence-electron chi connectivity index (χ2n) is 7.65. The van der Waals surface area contributed by atoms with Crippen molar-refractivity contribution in [3.63, 3.8) is 0 Å². The predicted octanol–water partition coefficient (Wildman–Crippen LogP) is 2.43. The highest BCUT2D eigenvalue weighted by Crippen LogP contribution is 2.36. The average Bonchev–Trinajstić information content (AvgIpc) is 3.47. The number of nitrogens with zero attached hydrogens (tertiary/aromatic N) is 4. The summed E-state index contributed by atoms with van der Waals surface area (Å²) >= 11 is 0. The number of hydrogen-bond donors (Lipinski definition) is 1. The van der Waals surface area contributed by atoms with Crippen molar-refractivity contribution >= 4 is 16.8 Å². The maximum Gasteiger partial charge on any atom is 0.278 e. The zero-order chi connectivity index (χ0) is 20.7. The quantitative estimate of drug-likeness (QED) is 0.692. The number of amides is 1. The summed E-state index contributed by atoms with van der Waals surface area (Å²) in [6, 6.07) is 5.94. The standard InChI is InChI=1S/C21H25N5O3/c1-12-9-15(5-8-18(12)29-4)13(2)23-19(27)11-25-21(28)20-14(3)24-26(16-6-7-16)17(20)10-22-25/h5,8-10,13,16H,6-7,11H2,1-4H3,(H,23,27)/t13-/m0/s1. The van der Waals surface area contributed by atoms with E-state index in [1.54, 1.807) is 13.3 Å². The van der Waals surface area contributed by atoms with E-state index in [0.29, 0.717) is 17.1 Å². The Balaban J connectivity index is 1.51. The minimum absolute atomic E-state index is 0.137. The van der Waals surface area contributed by atoms with Crippen LogP contribution >= 0.6 is 0 Å². The van der Waals surface area contributed by atoms with Gasteiger partial charge in [-0.15, -0.1) is 0 Å². The highest BCUT2D eigenvalue weighted by atomic mass is 16.5. The number of aromatic nitrogens is 4. The van der Waals surface area contributed by atoms with Crippen LogP contribution in [0.3, 0.4) is 0 Å². The van der Waals surface area contributed by atoms with E-state index in [1.807, 2.05) is 43.7 Å². The molecule has 1 saturated carbocycles. The van der Waals surface area contributed by atoms with Crippen LogP contribution in [0.25, 0.3) is 10.9 Å². The van der Waals surface area contributed by atoms with Crippen molar-refractivity contribution in [1.29, 1.82) is 0 Å². The summed E-state index contributed by atoms with van der Waals surface area (Å²) in [4.78, 5) is 25.4. The van der Waals surface area contributed by atoms with Crippen molar-refractivity contribution in [1.82, 2.24) is 24.9 Å². The number of carbonyl (C=O) groups excluding carboxylic acids is 1. The lowest BCUT2D eigenvalue weighted by molar-refractivity contribution is -0.122. The first-order valence-electron chi connectivity index (χ1n) is 9.78. The fourth-order valence-electron chi connectivity index (χ4n) is 3.65. The van der Waals surface area contributed by atoms with Gasteiger partial charge in [-0.3, -0.25) is 14.3 Å². The van der Waals surface area contributed by atoms with Crippen LogP contribution in [0.1, 0.15) is 48.7 Å². The number of fused-ring (bicyclic) bond motifs is 1. The molecule has 0 bridgehead atoms. The minimum atomic E-state index is -0.282. The van der Waals surface area contributed by atoms with Gasteiger partial charge in [0.25, 0.3) is 5.56 Å². The van der Waals surface area contributed by atoms with Crippen molar-refractivity contribution in [3.05, 3.63) is 51.6 Å². The summed E-state index contributed by atoms with van der Waals surface area (Å²) in [5, 5.41) is 12.2. The Morgan fingerprint density at radius 2 is 2.10 bits per heavy atom. The summed E-state index contributed by atoms with van der Waals surface area (Å²) in [6.07, 6.45) is 3.79. The maximum absolute atomic E-state index is 12.9. The number of hydrogen-bond acceptors (Lipinski definition) is 5. The lowest BCUT2D eigenvalue weighted by atomic mass is 10.0. The van der Waals surface area contributed by atoms with Gasteiger partial charge in [0, 0.05) is 0 Å². The van der Waals surface area contributed by atoms with Crippen LogP contribution in [-0.4, -0.2) is 32.6 Å². The lowest BCUT2D eigenvalue weighted by Gasteiger charge is -2.16. The van der Waals surface area contributed by atoms with Gasteiger partial charge in [-0.05, 0) is 50.8 Å². The molecular formula is C21H25N5O3. The summed E-state index contributed by atoms with van der Waals surface area (Å²) < 4.78 is 8.37. The SMILES string of the molecule is COc1ccc([C@H](C)NC(=O)Cn2ncc3c(c(C)nn3C3CC3)c2=O)cc1C. The third kappa shape index (κ3) is 3.62. The molecule has 1 aliphatic carbocycles. The number of carbonyl (C=O) groups is 1. The van der Waals surface area contributed by atoms with Gasteiger partial charge >= 0.3 is 0 Å². The van der Waals surface area contributed by atoms with Crippen molar-refractivity contribution in [2.75, 3.05) is 7.11 Å². The van der Waals surface area contributed by atoms with Crippen LogP contribution in [0.15, 0.2) is 29.2 Å². The molecule has 29 heavy (non-hydrogen) atoms. The number of nitrogens with one attached hydrogen (secondary N) is 1. The minimum Gasteiger partial charge on any atom is -0.496 e. The van der Waals surface area contributed by atoms with Gasteiger partial charge in [0.15, 0.2) is 0 Å². The molecule has 0 radical (unpaired) electrons. The Kier molecular flexibility index (Phi) is 4.86. The largest absolute Gasteiger partial charge is 0.496 e. The van der Waals surface area contributed by atoms with Crippen LogP contribution in [-0.2, 0) is 11.3 Å². The fraction of sp³-hybridized carbons (Fsp3) is 0.429. The zero-order valence-corrected chi connectivity index (χ0v) is 17.1. The first-order valence-corrected chi connectivity index (χ1v) is 9.78. The molecule has 0 spiro atoms. The topological polar surface area (TPSA) is 91.0 Å². The van der Waals surface area contributed by atoms with Crippen molar-refractivity contribution in [3.8, 4) is 5.75 Å². The molecular weight excluding hydrogens is 370 g/mol. The Bertz CT molecular complexity index is 1140. The predicted molar refractivity (Wildman–Crippen MR) is 109 cm³/mol. The molecule has 0 aliphatic heterocycles. The second-order valence-corrected chi connectivity index (χ2v) is 7.65. The Hall–Kier alpha value is -3.16. The first kappa shape index (κ1) is 19.2. The average molecular weight is 395 g/mol. The Labute approximate surface area is 168 Å². The molecule has 1 atom stereocenters. The van der Waals surface area contributed by atoms with Gasteiger partial charge in [0.05, 0.1) is 42.0 Å². The van der Waals surface area contributed by atoms with E-state index in [-0.39, 0.29) is 24.1 Å². The third-order valence-corrected chi connectivity index (χ3v) is 5.37. The van der Waals surface area contributed by atoms with E-state index < -0.39 is 0 Å². The molecule has 1 amide bonds. The first-order chi connectivity index (χ1) is 13.9. The van der Waals surface area contributed by atoms with Crippen LogP contribution in [0.2, 0.25) is 0 Å². The molecule has 152 valence electrons. The summed E-state index contributed by atoms with van der Waals surface area (Å²) in [7, 11) is 1.63. The second kappa shape index (κ2) is 7.35. The molecule has 3 aromatic rings. The van der Waals surface area contributed by atoms with E-state index in [2.05, 4.69) is 15.5 Å². The van der Waals surface area contributed by atoms with Gasteiger partial charge in [0.1, 0.15) is 12.3 Å². The van der Waals surface area contributed by atoms with E-state index >= 15 is 0 Å². The van der Waals surface area contributed by atoms with E-state index in [0.717, 1.165) is 35.2 Å². The molecule has 4 rings (SSSR count). The normalized spacial score (nSPS) is 14.8. The van der Waals surface area contributed by atoms with Gasteiger partial charge in [-0.25, -0.2) is 4.68 Å². The van der Waals surface area contributed by atoms with E-state index in [1.165, 1.54) is 4.68 Å². The smallest absolute Gasteiger partial charge is 0.278 e. The van der Waals surface area contributed by atoms with E-state index in [9.17, 15) is 9.59 Å². The zero-order valence-electron chi connectivity index (χ0n) is 17.1. The fourth-order valence-corrected chi connectivity index (χ4v) is 3.65. The molecule has 1 aromatic carbocycles. The molecule has 0 saturated heterocycles. The number of rotatable bonds is 6. The monoisotopic (exact) mass is 395 g/mol. The van der Waals surface area contributed by atoms with Gasteiger partial charge < -0.3 is 10.1 Å². The number of benzene rings is 1. The van der Waals surface area contributed by atoms with Gasteiger partial charge in [-0.2, -0.15) is 10.2 Å². The number of ether oxygens (including phenoxy) is 1. The summed E-state index contributed by atoms with van der Waals surface area (Å²) in [5.41, 5.74) is 3.10. The van der Waals surface area contributed by atoms with Crippen molar-refractivity contribution < 1.29 is 9.53 Å². The van der Waals surface area contributed by atoms with Crippen molar-refractivity contribution in [2.24, 2.45) is 0 Å². The van der Waals surface area contributed by atoms with Crippen LogP contribution < -0.4 is 15.6 Å². The van der Waals surface area contributed by atoms with E-state index in [4.69, 9.17) is 4.74 Å². The highest BCUT2D eigenvalue weighted by Gasteiger charge is 2.28. The molecule has 1 N–H and O–H groups in total.